The lowest BCUT2D eigenvalue weighted by Crippen LogP contribution is -2.41. The molecule has 1 aliphatic carbocycles. The predicted molar refractivity (Wildman–Crippen MR) is 147 cm³/mol. The first-order chi connectivity index (χ1) is 17.4. The number of hydrogen-bond donors (Lipinski definition) is 0. The van der Waals surface area contributed by atoms with E-state index in [1.807, 2.05) is 49.3 Å². The maximum absolute atomic E-state index is 13.8. The van der Waals surface area contributed by atoms with Crippen LogP contribution in [0.5, 0.6) is 0 Å². The zero-order valence-electron chi connectivity index (χ0n) is 21.6. The van der Waals surface area contributed by atoms with Crippen molar-refractivity contribution >= 4 is 28.4 Å². The molecule has 0 spiro atoms. The van der Waals surface area contributed by atoms with Crippen molar-refractivity contribution in [3.05, 3.63) is 69.7 Å². The number of amides is 1. The largest absolute Gasteiger partial charge is 0.331 e. The molecule has 1 aromatic heterocycles. The first-order valence-corrected chi connectivity index (χ1v) is 13.5. The smallest absolute Gasteiger partial charge is 0.266 e. The number of hydrogen-bond acceptors (Lipinski definition) is 4. The molecular formula is C29H37ClN4O2. The van der Waals surface area contributed by atoms with Crippen LogP contribution >= 0.6 is 11.6 Å². The van der Waals surface area contributed by atoms with Crippen molar-refractivity contribution in [1.82, 2.24) is 19.4 Å². The van der Waals surface area contributed by atoms with E-state index in [9.17, 15) is 9.59 Å². The van der Waals surface area contributed by atoms with Gasteiger partial charge in [0.15, 0.2) is 0 Å². The second-order valence-corrected chi connectivity index (χ2v) is 10.5. The van der Waals surface area contributed by atoms with Gasteiger partial charge in [-0.05, 0) is 69.3 Å². The Morgan fingerprint density at radius 1 is 1.08 bits per heavy atom. The van der Waals surface area contributed by atoms with Gasteiger partial charge in [-0.15, -0.1) is 0 Å². The van der Waals surface area contributed by atoms with Crippen LogP contribution < -0.4 is 5.56 Å². The molecular weight excluding hydrogens is 472 g/mol. The molecule has 0 radical (unpaired) electrons. The van der Waals surface area contributed by atoms with Crippen molar-refractivity contribution in [2.24, 2.45) is 5.92 Å². The molecule has 192 valence electrons. The molecule has 0 N–H and O–H groups in total. The summed E-state index contributed by atoms with van der Waals surface area (Å²) in [4.78, 5) is 36.5. The van der Waals surface area contributed by atoms with Gasteiger partial charge in [-0.1, -0.05) is 56.3 Å². The van der Waals surface area contributed by atoms with Gasteiger partial charge in [0.2, 0.25) is 5.91 Å². The van der Waals surface area contributed by atoms with Gasteiger partial charge in [-0.2, -0.15) is 0 Å². The van der Waals surface area contributed by atoms with Gasteiger partial charge in [0.05, 0.1) is 22.6 Å². The number of halogens is 1. The second-order valence-electron chi connectivity index (χ2n) is 10.1. The minimum Gasteiger partial charge on any atom is -0.331 e. The number of likely N-dealkylation sites (N-methyl/N-ethyl adjacent to an activating group) is 1. The Morgan fingerprint density at radius 2 is 1.78 bits per heavy atom. The average molecular weight is 509 g/mol. The molecule has 3 aromatic rings. The average Bonchev–Trinajstić information content (AvgIpc) is 3.39. The molecule has 0 aliphatic heterocycles. The Labute approximate surface area is 218 Å². The number of fused-ring (bicyclic) bond motifs is 1. The van der Waals surface area contributed by atoms with E-state index < -0.39 is 0 Å². The van der Waals surface area contributed by atoms with Crippen molar-refractivity contribution in [3.8, 4) is 5.69 Å². The predicted octanol–water partition coefficient (Wildman–Crippen LogP) is 5.85. The minimum absolute atomic E-state index is 0.137. The molecule has 1 fully saturated rings. The molecule has 4 rings (SSSR count). The highest BCUT2D eigenvalue weighted by Gasteiger charge is 2.29. The number of rotatable bonds is 10. The Bertz CT molecular complexity index is 1230. The second kappa shape index (κ2) is 12.0. The molecule has 1 heterocycles. The maximum atomic E-state index is 13.8. The van der Waals surface area contributed by atoms with E-state index in [1.54, 1.807) is 22.8 Å². The lowest BCUT2D eigenvalue weighted by atomic mass is 10.0. The minimum atomic E-state index is -0.325. The van der Waals surface area contributed by atoms with E-state index in [2.05, 4.69) is 11.8 Å². The van der Waals surface area contributed by atoms with Gasteiger partial charge in [-0.3, -0.25) is 14.2 Å². The molecule has 6 nitrogen and oxygen atoms in total. The molecule has 1 atom stereocenters. The van der Waals surface area contributed by atoms with Gasteiger partial charge in [0.1, 0.15) is 5.82 Å². The van der Waals surface area contributed by atoms with Crippen LogP contribution in [-0.4, -0.2) is 52.4 Å². The van der Waals surface area contributed by atoms with E-state index in [-0.39, 0.29) is 17.5 Å². The van der Waals surface area contributed by atoms with Gasteiger partial charge >= 0.3 is 0 Å². The third kappa shape index (κ3) is 5.98. The van der Waals surface area contributed by atoms with Crippen molar-refractivity contribution in [1.29, 1.82) is 0 Å². The Kier molecular flexibility index (Phi) is 8.81. The van der Waals surface area contributed by atoms with Crippen molar-refractivity contribution in [3.63, 3.8) is 0 Å². The highest BCUT2D eigenvalue weighted by Crippen LogP contribution is 2.31. The SMILES string of the molecule is CCC(c1nc2ccccc2c(=O)n1-c1ccc(Cl)cc1)N(CCN(C)C)C(=O)CCC1CCCC1. The van der Waals surface area contributed by atoms with Crippen molar-refractivity contribution in [2.45, 2.75) is 57.9 Å². The summed E-state index contributed by atoms with van der Waals surface area (Å²) in [6.45, 7) is 3.38. The molecule has 2 aromatic carbocycles. The molecule has 1 aliphatic rings. The maximum Gasteiger partial charge on any atom is 0.266 e. The van der Waals surface area contributed by atoms with Gasteiger partial charge in [-0.25, -0.2) is 4.98 Å². The molecule has 1 unspecified atom stereocenters. The van der Waals surface area contributed by atoms with E-state index in [0.29, 0.717) is 52.7 Å². The Morgan fingerprint density at radius 3 is 2.44 bits per heavy atom. The topological polar surface area (TPSA) is 58.4 Å². The standard InChI is InChI=1S/C29H37ClN4O2/c1-4-26(33(20-19-32(2)3)27(35)18-13-21-9-5-6-10-21)28-31-25-12-8-7-11-24(25)29(36)34(28)23-16-14-22(30)15-17-23/h7-8,11-12,14-17,21,26H,4-6,9-10,13,18-20H2,1-3H3. The summed E-state index contributed by atoms with van der Waals surface area (Å²) in [6.07, 6.45) is 7.12. The summed E-state index contributed by atoms with van der Waals surface area (Å²) >= 11 is 6.15. The third-order valence-corrected chi connectivity index (χ3v) is 7.55. The summed E-state index contributed by atoms with van der Waals surface area (Å²) in [5.74, 6) is 1.38. The van der Waals surface area contributed by atoms with E-state index in [4.69, 9.17) is 16.6 Å². The monoisotopic (exact) mass is 508 g/mol. The fourth-order valence-corrected chi connectivity index (χ4v) is 5.41. The van der Waals surface area contributed by atoms with Crippen LogP contribution in [0.2, 0.25) is 5.02 Å². The number of nitrogens with zero attached hydrogens (tertiary/aromatic N) is 4. The Balaban J connectivity index is 1.79. The molecule has 36 heavy (non-hydrogen) atoms. The fourth-order valence-electron chi connectivity index (χ4n) is 5.29. The zero-order valence-corrected chi connectivity index (χ0v) is 22.4. The summed E-state index contributed by atoms with van der Waals surface area (Å²) < 4.78 is 1.67. The Hall–Kier alpha value is -2.70. The van der Waals surface area contributed by atoms with E-state index >= 15 is 0 Å². The lowest BCUT2D eigenvalue weighted by Gasteiger charge is -2.33. The number of para-hydroxylation sites is 1. The van der Waals surface area contributed by atoms with Crippen LogP contribution in [0, 0.1) is 5.92 Å². The van der Waals surface area contributed by atoms with Gasteiger partial charge in [0, 0.05) is 24.5 Å². The zero-order chi connectivity index (χ0) is 25.7. The van der Waals surface area contributed by atoms with Crippen LogP contribution in [0.25, 0.3) is 16.6 Å². The summed E-state index contributed by atoms with van der Waals surface area (Å²) in [5.41, 5.74) is 1.21. The highest BCUT2D eigenvalue weighted by atomic mass is 35.5. The van der Waals surface area contributed by atoms with Crippen LogP contribution in [-0.2, 0) is 4.79 Å². The molecule has 0 bridgehead atoms. The molecule has 1 amide bonds. The fraction of sp³-hybridized carbons (Fsp3) is 0.483. The number of carbonyl (C=O) groups excluding carboxylic acids is 1. The summed E-state index contributed by atoms with van der Waals surface area (Å²) in [5, 5.41) is 1.15. The quantitative estimate of drug-likeness (QED) is 0.344. The van der Waals surface area contributed by atoms with Crippen molar-refractivity contribution < 1.29 is 4.79 Å². The molecule has 7 heteroatoms. The van der Waals surface area contributed by atoms with Crippen LogP contribution in [0.1, 0.15) is 63.7 Å². The van der Waals surface area contributed by atoms with Gasteiger partial charge < -0.3 is 9.80 Å². The third-order valence-electron chi connectivity index (χ3n) is 7.30. The first kappa shape index (κ1) is 26.4. The van der Waals surface area contributed by atoms with Gasteiger partial charge in [0.25, 0.3) is 5.56 Å². The van der Waals surface area contributed by atoms with E-state index in [1.165, 1.54) is 25.7 Å². The van der Waals surface area contributed by atoms with E-state index in [0.717, 1.165) is 13.0 Å². The summed E-state index contributed by atoms with van der Waals surface area (Å²) in [7, 11) is 4.03. The normalized spacial score (nSPS) is 15.0. The molecule has 1 saturated carbocycles. The summed E-state index contributed by atoms with van der Waals surface area (Å²) in [6, 6.07) is 14.3. The van der Waals surface area contributed by atoms with Crippen LogP contribution in [0.4, 0.5) is 0 Å². The first-order valence-electron chi connectivity index (χ1n) is 13.1. The lowest BCUT2D eigenvalue weighted by molar-refractivity contribution is -0.134. The molecule has 0 saturated heterocycles. The van der Waals surface area contributed by atoms with Crippen LogP contribution in [0.15, 0.2) is 53.3 Å². The highest BCUT2D eigenvalue weighted by molar-refractivity contribution is 6.30. The van der Waals surface area contributed by atoms with Crippen LogP contribution in [0.3, 0.4) is 0 Å². The van der Waals surface area contributed by atoms with Crippen molar-refractivity contribution in [2.75, 3.05) is 27.2 Å². The number of carbonyl (C=O) groups is 1. The number of benzene rings is 2. The number of aromatic nitrogens is 2.